The van der Waals surface area contributed by atoms with E-state index in [9.17, 15) is 0 Å². The summed E-state index contributed by atoms with van der Waals surface area (Å²) in [6.07, 6.45) is 0. The molecule has 0 saturated carbocycles. The van der Waals surface area contributed by atoms with Crippen molar-refractivity contribution in [3.8, 4) is 5.75 Å². The summed E-state index contributed by atoms with van der Waals surface area (Å²) in [6.45, 7) is 6.36. The molecular weight excluding hydrogens is 350 g/mol. The topological polar surface area (TPSA) is 41.7 Å². The number of rotatable bonds is 6. The zero-order valence-corrected chi connectivity index (χ0v) is 15.4. The van der Waals surface area contributed by atoms with Crippen molar-refractivity contribution < 1.29 is 9.15 Å². The maximum atomic E-state index is 6.11. The first-order valence-electron chi connectivity index (χ1n) is 8.94. The average Bonchev–Trinajstić information content (AvgIpc) is 3.07. The lowest BCUT2D eigenvalue weighted by molar-refractivity contribution is 0.107. The van der Waals surface area contributed by atoms with Crippen LogP contribution in [0, 0.1) is 0 Å². The highest BCUT2D eigenvalue weighted by Crippen LogP contribution is 2.23. The Hall–Kier alpha value is -2.08. The molecule has 3 aromatic rings. The van der Waals surface area contributed by atoms with E-state index in [-0.39, 0.29) is 0 Å². The van der Waals surface area contributed by atoms with Crippen LogP contribution in [0.4, 0.5) is 0 Å². The summed E-state index contributed by atoms with van der Waals surface area (Å²) >= 11 is 6.11. The Kier molecular flexibility index (Phi) is 5.39. The standard InChI is InChI=1S/C20H22ClN3O2/c21-16-5-1-3-7-18(16)25-14-13-23-9-11-24(12-10-23)15-20-22-17-6-2-4-8-19(17)26-20/h1-8H,9-15H2. The van der Waals surface area contributed by atoms with Crippen LogP contribution in [0.25, 0.3) is 11.1 Å². The van der Waals surface area contributed by atoms with Crippen LogP contribution in [0.1, 0.15) is 5.89 Å². The van der Waals surface area contributed by atoms with Gasteiger partial charge in [-0.1, -0.05) is 35.9 Å². The van der Waals surface area contributed by atoms with Gasteiger partial charge in [-0.25, -0.2) is 4.98 Å². The third-order valence-corrected chi connectivity index (χ3v) is 4.98. The van der Waals surface area contributed by atoms with Crippen molar-refractivity contribution in [2.75, 3.05) is 39.3 Å². The van der Waals surface area contributed by atoms with E-state index in [2.05, 4.69) is 14.8 Å². The van der Waals surface area contributed by atoms with Gasteiger partial charge in [0.1, 0.15) is 17.9 Å². The van der Waals surface area contributed by atoms with Crippen LogP contribution in [0.15, 0.2) is 52.9 Å². The van der Waals surface area contributed by atoms with E-state index >= 15 is 0 Å². The molecule has 5 nitrogen and oxygen atoms in total. The van der Waals surface area contributed by atoms with Gasteiger partial charge >= 0.3 is 0 Å². The summed E-state index contributed by atoms with van der Waals surface area (Å²) in [6, 6.07) is 15.5. The van der Waals surface area contributed by atoms with Crippen LogP contribution in [-0.2, 0) is 6.54 Å². The predicted molar refractivity (Wildman–Crippen MR) is 103 cm³/mol. The van der Waals surface area contributed by atoms with Crippen LogP contribution in [0.5, 0.6) is 5.75 Å². The van der Waals surface area contributed by atoms with Crippen molar-refractivity contribution >= 4 is 22.7 Å². The first-order valence-corrected chi connectivity index (χ1v) is 9.32. The molecule has 0 amide bonds. The molecule has 0 unspecified atom stereocenters. The molecule has 0 atom stereocenters. The van der Waals surface area contributed by atoms with Crippen molar-refractivity contribution in [2.24, 2.45) is 0 Å². The minimum atomic E-state index is 0.648. The number of aromatic nitrogens is 1. The smallest absolute Gasteiger partial charge is 0.209 e. The second kappa shape index (κ2) is 8.08. The van der Waals surface area contributed by atoms with E-state index in [4.69, 9.17) is 20.8 Å². The first kappa shape index (κ1) is 17.3. The predicted octanol–water partition coefficient (Wildman–Crippen LogP) is 3.68. The summed E-state index contributed by atoms with van der Waals surface area (Å²) in [7, 11) is 0. The molecule has 0 radical (unpaired) electrons. The van der Waals surface area contributed by atoms with Gasteiger partial charge in [-0.15, -0.1) is 0 Å². The summed E-state index contributed by atoms with van der Waals surface area (Å²) in [5.41, 5.74) is 1.79. The highest BCUT2D eigenvalue weighted by molar-refractivity contribution is 6.32. The van der Waals surface area contributed by atoms with Crippen molar-refractivity contribution in [1.82, 2.24) is 14.8 Å². The fraction of sp³-hybridized carbons (Fsp3) is 0.350. The molecule has 0 aliphatic carbocycles. The van der Waals surface area contributed by atoms with Gasteiger partial charge in [0.2, 0.25) is 5.89 Å². The molecule has 26 heavy (non-hydrogen) atoms. The zero-order valence-electron chi connectivity index (χ0n) is 14.6. The fourth-order valence-corrected chi connectivity index (χ4v) is 3.39. The van der Waals surface area contributed by atoms with Crippen molar-refractivity contribution in [3.05, 3.63) is 59.4 Å². The maximum absolute atomic E-state index is 6.11. The van der Waals surface area contributed by atoms with Gasteiger partial charge in [0.25, 0.3) is 0 Å². The quantitative estimate of drug-likeness (QED) is 0.661. The molecule has 2 heterocycles. The molecule has 0 bridgehead atoms. The summed E-state index contributed by atoms with van der Waals surface area (Å²) in [5, 5.41) is 0.663. The monoisotopic (exact) mass is 371 g/mol. The van der Waals surface area contributed by atoms with Crippen molar-refractivity contribution in [1.29, 1.82) is 0 Å². The molecule has 6 heteroatoms. The molecule has 1 saturated heterocycles. The van der Waals surface area contributed by atoms with E-state index in [0.717, 1.165) is 62.0 Å². The summed E-state index contributed by atoms with van der Waals surface area (Å²) < 4.78 is 11.6. The molecule has 1 aliphatic rings. The molecular formula is C20H22ClN3O2. The number of oxazole rings is 1. The maximum Gasteiger partial charge on any atom is 0.209 e. The number of hydrogen-bond acceptors (Lipinski definition) is 5. The number of fused-ring (bicyclic) bond motifs is 1. The van der Waals surface area contributed by atoms with Crippen molar-refractivity contribution in [3.63, 3.8) is 0 Å². The Morgan fingerprint density at radius 1 is 0.962 bits per heavy atom. The largest absolute Gasteiger partial charge is 0.491 e. The minimum Gasteiger partial charge on any atom is -0.491 e. The average molecular weight is 372 g/mol. The van der Waals surface area contributed by atoms with Gasteiger partial charge in [-0.2, -0.15) is 0 Å². The number of benzene rings is 2. The lowest BCUT2D eigenvalue weighted by Gasteiger charge is -2.33. The van der Waals surface area contributed by atoms with Gasteiger partial charge in [-0.3, -0.25) is 9.80 Å². The van der Waals surface area contributed by atoms with Crippen molar-refractivity contribution in [2.45, 2.75) is 6.54 Å². The van der Waals surface area contributed by atoms with Gasteiger partial charge in [-0.05, 0) is 24.3 Å². The summed E-state index contributed by atoms with van der Waals surface area (Å²) in [4.78, 5) is 9.36. The van der Waals surface area contributed by atoms with E-state index in [1.807, 2.05) is 48.5 Å². The molecule has 0 N–H and O–H groups in total. The Balaban J connectivity index is 1.22. The third-order valence-electron chi connectivity index (χ3n) is 4.66. The lowest BCUT2D eigenvalue weighted by Crippen LogP contribution is -2.47. The minimum absolute atomic E-state index is 0.648. The normalized spacial score (nSPS) is 16.2. The summed E-state index contributed by atoms with van der Waals surface area (Å²) in [5.74, 6) is 1.55. The number of halogens is 1. The number of ether oxygens (including phenoxy) is 1. The van der Waals surface area contributed by atoms with Crippen LogP contribution in [0.3, 0.4) is 0 Å². The molecule has 0 spiro atoms. The van der Waals surface area contributed by atoms with Crippen LogP contribution in [-0.4, -0.2) is 54.1 Å². The molecule has 136 valence electrons. The SMILES string of the molecule is Clc1ccccc1OCCN1CCN(Cc2nc3ccccc3o2)CC1. The van der Waals surface area contributed by atoms with E-state index in [1.165, 1.54) is 0 Å². The molecule has 1 aliphatic heterocycles. The second-order valence-corrected chi connectivity index (χ2v) is 6.88. The Labute approximate surface area is 158 Å². The van der Waals surface area contributed by atoms with Crippen LogP contribution in [0.2, 0.25) is 5.02 Å². The first-order chi connectivity index (χ1) is 12.8. The van der Waals surface area contributed by atoms with Crippen LogP contribution >= 0.6 is 11.6 Å². The molecule has 1 fully saturated rings. The van der Waals surface area contributed by atoms with Gasteiger partial charge in [0, 0.05) is 32.7 Å². The van der Waals surface area contributed by atoms with Crippen LogP contribution < -0.4 is 4.74 Å². The Morgan fingerprint density at radius 2 is 1.69 bits per heavy atom. The number of piperazine rings is 1. The Morgan fingerprint density at radius 3 is 2.50 bits per heavy atom. The highest BCUT2D eigenvalue weighted by atomic mass is 35.5. The fourth-order valence-electron chi connectivity index (χ4n) is 3.20. The Bertz CT molecular complexity index is 826. The molecule has 1 aromatic heterocycles. The van der Waals surface area contributed by atoms with E-state index in [1.54, 1.807) is 0 Å². The number of hydrogen-bond donors (Lipinski definition) is 0. The second-order valence-electron chi connectivity index (χ2n) is 6.47. The van der Waals surface area contributed by atoms with E-state index in [0.29, 0.717) is 11.6 Å². The molecule has 4 rings (SSSR count). The third kappa shape index (κ3) is 4.18. The van der Waals surface area contributed by atoms with Gasteiger partial charge in [0.05, 0.1) is 11.6 Å². The lowest BCUT2D eigenvalue weighted by atomic mass is 10.3. The highest BCUT2D eigenvalue weighted by Gasteiger charge is 2.19. The molecule has 2 aromatic carbocycles. The van der Waals surface area contributed by atoms with Gasteiger partial charge in [0.15, 0.2) is 5.58 Å². The number of nitrogens with zero attached hydrogens (tertiary/aromatic N) is 3. The van der Waals surface area contributed by atoms with Gasteiger partial charge < -0.3 is 9.15 Å². The zero-order chi connectivity index (χ0) is 17.8. The number of para-hydroxylation sites is 3. The van der Waals surface area contributed by atoms with E-state index < -0.39 is 0 Å².